The van der Waals surface area contributed by atoms with Gasteiger partial charge in [-0.05, 0) is 88.4 Å². The van der Waals surface area contributed by atoms with Gasteiger partial charge < -0.3 is 4.90 Å². The standard InChI is InChI=1S/C22H36N2O3S/c1-4-28(26,27)23(3)20-5-7-24(8-6-20)21(25)9-16(2)22-13-17-10-18(14-22)12-19(11-17)15-22/h9,17-20H,4-8,10-15H2,1-3H3. The summed E-state index contributed by atoms with van der Waals surface area (Å²) < 4.78 is 25.7. The van der Waals surface area contributed by atoms with Gasteiger partial charge in [0.2, 0.25) is 15.9 Å². The summed E-state index contributed by atoms with van der Waals surface area (Å²) >= 11 is 0. The predicted octanol–water partition coefficient (Wildman–Crippen LogP) is 3.42. The number of likely N-dealkylation sites (tertiary alicyclic amines) is 1. The minimum absolute atomic E-state index is 0.0160. The van der Waals surface area contributed by atoms with Crippen molar-refractivity contribution < 1.29 is 13.2 Å². The molecular formula is C22H36N2O3S. The summed E-state index contributed by atoms with van der Waals surface area (Å²) in [5, 5.41) is 0. The van der Waals surface area contributed by atoms with Gasteiger partial charge >= 0.3 is 0 Å². The first-order valence-electron chi connectivity index (χ1n) is 11.2. The van der Waals surface area contributed by atoms with Gasteiger partial charge in [-0.1, -0.05) is 5.57 Å². The van der Waals surface area contributed by atoms with Gasteiger partial charge in [0.25, 0.3) is 0 Å². The first kappa shape index (κ1) is 20.4. The molecule has 0 atom stereocenters. The highest BCUT2D eigenvalue weighted by atomic mass is 32.2. The number of hydrogen-bond donors (Lipinski definition) is 0. The molecule has 5 aliphatic rings. The molecule has 28 heavy (non-hydrogen) atoms. The zero-order chi connectivity index (χ0) is 20.1. The van der Waals surface area contributed by atoms with Crippen LogP contribution in [0.1, 0.15) is 65.2 Å². The van der Waals surface area contributed by atoms with Crippen molar-refractivity contribution in [3.63, 3.8) is 0 Å². The summed E-state index contributed by atoms with van der Waals surface area (Å²) in [7, 11) is -1.48. The molecule has 1 heterocycles. The van der Waals surface area contributed by atoms with Crippen LogP contribution in [0.2, 0.25) is 0 Å². The lowest BCUT2D eigenvalue weighted by atomic mass is 9.48. The second-order valence-electron chi connectivity index (χ2n) is 10.00. The number of allylic oxidation sites excluding steroid dienone is 1. The number of hydrogen-bond acceptors (Lipinski definition) is 3. The number of rotatable bonds is 5. The maximum atomic E-state index is 12.9. The number of carbonyl (C=O) groups is 1. The van der Waals surface area contributed by atoms with Crippen molar-refractivity contribution in [2.75, 3.05) is 25.9 Å². The normalized spacial score (nSPS) is 36.4. The second-order valence-corrected chi connectivity index (χ2v) is 12.3. The SMILES string of the molecule is CCS(=O)(=O)N(C)C1CCN(C(=O)C=C(C)C23CC4CC(CC(C4)C2)C3)CC1. The zero-order valence-electron chi connectivity index (χ0n) is 17.7. The van der Waals surface area contributed by atoms with Crippen molar-refractivity contribution in [1.29, 1.82) is 0 Å². The van der Waals surface area contributed by atoms with E-state index in [9.17, 15) is 13.2 Å². The lowest BCUT2D eigenvalue weighted by Crippen LogP contribution is -2.48. The molecule has 0 N–H and O–H groups in total. The van der Waals surface area contributed by atoms with E-state index in [-0.39, 0.29) is 23.1 Å². The first-order valence-corrected chi connectivity index (χ1v) is 12.8. The van der Waals surface area contributed by atoms with Crippen LogP contribution >= 0.6 is 0 Å². The Morgan fingerprint density at radius 2 is 1.57 bits per heavy atom. The summed E-state index contributed by atoms with van der Waals surface area (Å²) in [5.41, 5.74) is 1.60. The molecule has 4 bridgehead atoms. The minimum atomic E-state index is -3.16. The van der Waals surface area contributed by atoms with E-state index >= 15 is 0 Å². The van der Waals surface area contributed by atoms with Crippen LogP contribution in [0.3, 0.4) is 0 Å². The molecule has 0 spiro atoms. The molecular weight excluding hydrogens is 372 g/mol. The Hall–Kier alpha value is -0.880. The molecule has 0 aromatic heterocycles. The van der Waals surface area contributed by atoms with E-state index < -0.39 is 10.0 Å². The Labute approximate surface area is 170 Å². The minimum Gasteiger partial charge on any atom is -0.339 e. The number of piperidine rings is 1. The average Bonchev–Trinajstić information content (AvgIpc) is 2.66. The van der Waals surface area contributed by atoms with Crippen LogP contribution in [0.25, 0.3) is 0 Å². The van der Waals surface area contributed by atoms with Crippen molar-refractivity contribution in [1.82, 2.24) is 9.21 Å². The van der Waals surface area contributed by atoms with E-state index in [0.29, 0.717) is 13.1 Å². The van der Waals surface area contributed by atoms with Crippen molar-refractivity contribution in [3.8, 4) is 0 Å². The number of sulfonamides is 1. The van der Waals surface area contributed by atoms with E-state index in [1.54, 1.807) is 14.0 Å². The van der Waals surface area contributed by atoms with Gasteiger partial charge in [0.15, 0.2) is 0 Å². The molecule has 0 aromatic carbocycles. The maximum absolute atomic E-state index is 12.9. The van der Waals surface area contributed by atoms with E-state index in [1.807, 2.05) is 11.0 Å². The van der Waals surface area contributed by atoms with Gasteiger partial charge in [-0.2, -0.15) is 0 Å². The molecule has 158 valence electrons. The molecule has 4 aliphatic carbocycles. The first-order chi connectivity index (χ1) is 13.2. The molecule has 1 aliphatic heterocycles. The van der Waals surface area contributed by atoms with Crippen LogP contribution < -0.4 is 0 Å². The van der Waals surface area contributed by atoms with Crippen LogP contribution in [0.4, 0.5) is 0 Å². The van der Waals surface area contributed by atoms with Crippen molar-refractivity contribution in [2.24, 2.45) is 23.2 Å². The fraction of sp³-hybridized carbons (Fsp3) is 0.864. The quantitative estimate of drug-likeness (QED) is 0.655. The highest BCUT2D eigenvalue weighted by molar-refractivity contribution is 7.89. The molecule has 1 amide bonds. The van der Waals surface area contributed by atoms with Gasteiger partial charge in [0, 0.05) is 32.3 Å². The maximum Gasteiger partial charge on any atom is 0.246 e. The van der Waals surface area contributed by atoms with Gasteiger partial charge in [0.05, 0.1) is 5.75 Å². The third-order valence-corrected chi connectivity index (χ3v) is 10.2. The number of carbonyl (C=O) groups excluding carboxylic acids is 1. The summed E-state index contributed by atoms with van der Waals surface area (Å²) in [6, 6.07) is 0.0160. The van der Waals surface area contributed by atoms with Crippen LogP contribution in [-0.4, -0.2) is 55.5 Å². The smallest absolute Gasteiger partial charge is 0.246 e. The summed E-state index contributed by atoms with van der Waals surface area (Å²) in [5.74, 6) is 2.92. The fourth-order valence-corrected chi connectivity index (χ4v) is 7.98. The van der Waals surface area contributed by atoms with Gasteiger partial charge in [-0.15, -0.1) is 0 Å². The van der Waals surface area contributed by atoms with Gasteiger partial charge in [0.1, 0.15) is 0 Å². The molecule has 5 rings (SSSR count). The van der Waals surface area contributed by atoms with Crippen LogP contribution in [-0.2, 0) is 14.8 Å². The van der Waals surface area contributed by atoms with Crippen LogP contribution in [0, 0.1) is 23.2 Å². The Bertz CT molecular complexity index is 714. The number of amides is 1. The Morgan fingerprint density at radius 3 is 2.04 bits per heavy atom. The molecule has 6 heteroatoms. The van der Waals surface area contributed by atoms with Gasteiger partial charge in [-0.25, -0.2) is 12.7 Å². The monoisotopic (exact) mass is 408 g/mol. The Kier molecular flexibility index (Phi) is 5.41. The van der Waals surface area contributed by atoms with Crippen molar-refractivity contribution in [2.45, 2.75) is 71.3 Å². The summed E-state index contributed by atoms with van der Waals surface area (Å²) in [6.07, 6.45) is 11.5. The molecule has 0 aromatic rings. The molecule has 0 radical (unpaired) electrons. The Morgan fingerprint density at radius 1 is 1.07 bits per heavy atom. The van der Waals surface area contributed by atoms with E-state index in [0.717, 1.165) is 30.6 Å². The zero-order valence-corrected chi connectivity index (χ0v) is 18.5. The lowest BCUT2D eigenvalue weighted by molar-refractivity contribution is -0.127. The molecule has 0 unspecified atom stereocenters. The number of nitrogens with zero attached hydrogens (tertiary/aromatic N) is 2. The third kappa shape index (κ3) is 3.67. The van der Waals surface area contributed by atoms with E-state index in [2.05, 4.69) is 6.92 Å². The van der Waals surface area contributed by atoms with E-state index in [4.69, 9.17) is 0 Å². The average molecular weight is 409 g/mol. The highest BCUT2D eigenvalue weighted by Gasteiger charge is 2.51. The van der Waals surface area contributed by atoms with E-state index in [1.165, 1.54) is 48.4 Å². The highest BCUT2D eigenvalue weighted by Crippen LogP contribution is 2.62. The van der Waals surface area contributed by atoms with Crippen molar-refractivity contribution in [3.05, 3.63) is 11.6 Å². The molecule has 5 fully saturated rings. The fourth-order valence-electron chi connectivity index (χ4n) is 6.90. The third-order valence-electron chi connectivity index (χ3n) is 8.31. The van der Waals surface area contributed by atoms with Crippen molar-refractivity contribution >= 4 is 15.9 Å². The summed E-state index contributed by atoms with van der Waals surface area (Å²) in [4.78, 5) is 14.9. The molecule has 1 saturated heterocycles. The molecule has 4 saturated carbocycles. The topological polar surface area (TPSA) is 57.7 Å². The molecule has 5 nitrogen and oxygen atoms in total. The predicted molar refractivity (Wildman–Crippen MR) is 111 cm³/mol. The van der Waals surface area contributed by atoms with Gasteiger partial charge in [-0.3, -0.25) is 4.79 Å². The lowest BCUT2D eigenvalue weighted by Gasteiger charge is -2.57. The second kappa shape index (κ2) is 7.42. The summed E-state index contributed by atoms with van der Waals surface area (Å²) in [6.45, 7) is 5.18. The largest absolute Gasteiger partial charge is 0.339 e. The Balaban J connectivity index is 1.38. The van der Waals surface area contributed by atoms with Crippen LogP contribution in [0.15, 0.2) is 11.6 Å². The van der Waals surface area contributed by atoms with Crippen LogP contribution in [0.5, 0.6) is 0 Å².